The molecule has 0 saturated heterocycles. The van der Waals surface area contributed by atoms with E-state index in [1.165, 1.54) is 50.1 Å². The van der Waals surface area contributed by atoms with Crippen LogP contribution in [0.15, 0.2) is 121 Å². The Balaban J connectivity index is 1.50. The zero-order valence-corrected chi connectivity index (χ0v) is 18.8. The molecule has 33 heavy (non-hydrogen) atoms. The smallest absolute Gasteiger partial charge is 0.0178 e. The summed E-state index contributed by atoms with van der Waals surface area (Å²) in [6, 6.07) is 43.5. The average molecular weight is 426 g/mol. The second-order valence-electron chi connectivity index (χ2n) is 8.52. The van der Waals surface area contributed by atoms with E-state index >= 15 is 0 Å². The highest BCUT2D eigenvalue weighted by Crippen LogP contribution is 2.32. The van der Waals surface area contributed by atoms with E-state index in [1.807, 2.05) is 0 Å². The van der Waals surface area contributed by atoms with Gasteiger partial charge in [-0.25, -0.2) is 0 Å². The number of aryl methyl sites for hydroxylation is 1. The molecule has 0 radical (unpaired) electrons. The monoisotopic (exact) mass is 425 g/mol. The van der Waals surface area contributed by atoms with E-state index in [0.29, 0.717) is 6.54 Å². The van der Waals surface area contributed by atoms with Crippen molar-refractivity contribution in [3.05, 3.63) is 132 Å². The summed E-state index contributed by atoms with van der Waals surface area (Å²) in [6.45, 7) is 2.69. The summed E-state index contributed by atoms with van der Waals surface area (Å²) < 4.78 is 0. The zero-order chi connectivity index (χ0) is 22.6. The Hall–Kier alpha value is -3.94. The highest BCUT2D eigenvalue weighted by Gasteiger charge is 2.06. The molecule has 0 unspecified atom stereocenters. The Morgan fingerprint density at radius 3 is 1.15 bits per heavy atom. The van der Waals surface area contributed by atoms with Gasteiger partial charge in [0.1, 0.15) is 0 Å². The van der Waals surface area contributed by atoms with Crippen LogP contribution in [0.5, 0.6) is 0 Å². The third-order valence-corrected chi connectivity index (χ3v) is 6.10. The van der Waals surface area contributed by atoms with Gasteiger partial charge in [0.05, 0.1) is 0 Å². The Bertz CT molecular complexity index is 1410. The molecule has 0 saturated carbocycles. The van der Waals surface area contributed by atoms with Crippen LogP contribution in [0.25, 0.3) is 44.5 Å². The number of nitrogens with two attached hydrogens (primary N) is 1. The molecule has 0 bridgehead atoms. The van der Waals surface area contributed by atoms with E-state index in [4.69, 9.17) is 5.73 Å². The molecule has 5 rings (SSSR count). The van der Waals surface area contributed by atoms with Crippen LogP contribution in [0, 0.1) is 6.92 Å². The van der Waals surface area contributed by atoms with Crippen molar-refractivity contribution in [1.29, 1.82) is 0 Å². The van der Waals surface area contributed by atoms with Crippen molar-refractivity contribution in [3.63, 3.8) is 0 Å². The topological polar surface area (TPSA) is 26.0 Å². The van der Waals surface area contributed by atoms with Gasteiger partial charge in [-0.05, 0) is 81.3 Å². The average Bonchev–Trinajstić information content (AvgIpc) is 2.89. The lowest BCUT2D eigenvalue weighted by atomic mass is 9.94. The fraction of sp³-hybridized carbons (Fsp3) is 0.0625. The summed E-state index contributed by atoms with van der Waals surface area (Å²) in [4.78, 5) is 0. The zero-order valence-electron chi connectivity index (χ0n) is 18.8. The summed E-state index contributed by atoms with van der Waals surface area (Å²) in [5, 5.41) is 0. The molecule has 5 aromatic rings. The van der Waals surface area contributed by atoms with Gasteiger partial charge in [-0.2, -0.15) is 0 Å². The number of benzene rings is 5. The van der Waals surface area contributed by atoms with Crippen LogP contribution in [0.2, 0.25) is 0 Å². The van der Waals surface area contributed by atoms with E-state index in [0.717, 1.165) is 5.56 Å². The van der Waals surface area contributed by atoms with Gasteiger partial charge in [0.2, 0.25) is 0 Å². The molecule has 0 amide bonds. The van der Waals surface area contributed by atoms with Crippen LogP contribution >= 0.6 is 0 Å². The van der Waals surface area contributed by atoms with Gasteiger partial charge < -0.3 is 5.73 Å². The Morgan fingerprint density at radius 1 is 0.424 bits per heavy atom. The first-order valence-corrected chi connectivity index (χ1v) is 11.4. The first-order chi connectivity index (χ1) is 16.2. The van der Waals surface area contributed by atoms with Crippen LogP contribution in [-0.2, 0) is 6.54 Å². The normalized spacial score (nSPS) is 10.8. The van der Waals surface area contributed by atoms with E-state index in [9.17, 15) is 0 Å². The van der Waals surface area contributed by atoms with Crippen molar-refractivity contribution >= 4 is 0 Å². The van der Waals surface area contributed by atoms with Crippen molar-refractivity contribution in [2.75, 3.05) is 0 Å². The van der Waals surface area contributed by atoms with E-state index in [-0.39, 0.29) is 0 Å². The second-order valence-corrected chi connectivity index (χ2v) is 8.52. The van der Waals surface area contributed by atoms with Crippen LogP contribution in [0.4, 0.5) is 0 Å². The summed E-state index contributed by atoms with van der Waals surface area (Å²) in [7, 11) is 0. The Labute approximate surface area is 196 Å². The maximum atomic E-state index is 5.84. The quantitative estimate of drug-likeness (QED) is 0.302. The molecule has 0 aliphatic rings. The van der Waals surface area contributed by atoms with Gasteiger partial charge in [0, 0.05) is 6.54 Å². The maximum Gasteiger partial charge on any atom is 0.0178 e. The third-order valence-electron chi connectivity index (χ3n) is 6.10. The third kappa shape index (κ3) is 4.64. The minimum Gasteiger partial charge on any atom is -0.326 e. The standard InChI is InChI=1S/C32H27N/c1-23-7-2-9-25(17-23)27-11-4-13-29(19-27)31-15-6-16-32(21-31)30-14-5-12-28(20-30)26-10-3-8-24(18-26)22-33/h2-21H,22,33H2,1H3. The SMILES string of the molecule is Cc1cccc(-c2cccc(-c3cccc(-c4cccc(-c5cccc(CN)c5)c4)c3)c2)c1. The molecule has 0 spiro atoms. The molecule has 0 heterocycles. The molecule has 1 nitrogen and oxygen atoms in total. The minimum absolute atomic E-state index is 0.553. The summed E-state index contributed by atoms with van der Waals surface area (Å²) >= 11 is 0. The van der Waals surface area contributed by atoms with Crippen LogP contribution in [0.3, 0.4) is 0 Å². The van der Waals surface area contributed by atoms with Gasteiger partial charge in [0.15, 0.2) is 0 Å². The minimum atomic E-state index is 0.553. The largest absolute Gasteiger partial charge is 0.326 e. The molecule has 0 aromatic heterocycles. The Morgan fingerprint density at radius 2 is 0.758 bits per heavy atom. The van der Waals surface area contributed by atoms with Crippen molar-refractivity contribution in [1.82, 2.24) is 0 Å². The fourth-order valence-electron chi connectivity index (χ4n) is 4.34. The molecule has 0 aliphatic heterocycles. The highest BCUT2D eigenvalue weighted by molar-refractivity contribution is 5.79. The molecule has 0 aliphatic carbocycles. The van der Waals surface area contributed by atoms with E-state index < -0.39 is 0 Å². The van der Waals surface area contributed by atoms with E-state index in [2.05, 4.69) is 128 Å². The van der Waals surface area contributed by atoms with Crippen molar-refractivity contribution in [3.8, 4) is 44.5 Å². The predicted octanol–water partition coefficient (Wildman–Crippen LogP) is 8.12. The molecule has 0 atom stereocenters. The van der Waals surface area contributed by atoms with Gasteiger partial charge >= 0.3 is 0 Å². The van der Waals surface area contributed by atoms with Crippen LogP contribution in [0.1, 0.15) is 11.1 Å². The molecule has 5 aromatic carbocycles. The first kappa shape index (κ1) is 20.9. The van der Waals surface area contributed by atoms with Gasteiger partial charge in [0.25, 0.3) is 0 Å². The molecule has 1 heteroatoms. The predicted molar refractivity (Wildman–Crippen MR) is 141 cm³/mol. The Kier molecular flexibility index (Phi) is 5.89. The first-order valence-electron chi connectivity index (χ1n) is 11.4. The fourth-order valence-corrected chi connectivity index (χ4v) is 4.34. The van der Waals surface area contributed by atoms with Gasteiger partial charge in [-0.1, -0.05) is 103 Å². The lowest BCUT2D eigenvalue weighted by Gasteiger charge is -2.10. The molecular formula is C32H27N. The van der Waals surface area contributed by atoms with Crippen molar-refractivity contribution in [2.24, 2.45) is 5.73 Å². The summed E-state index contributed by atoms with van der Waals surface area (Å²) in [5.41, 5.74) is 18.0. The molecule has 0 fully saturated rings. The van der Waals surface area contributed by atoms with Crippen LogP contribution < -0.4 is 5.73 Å². The van der Waals surface area contributed by atoms with Gasteiger partial charge in [-0.3, -0.25) is 0 Å². The number of rotatable bonds is 5. The van der Waals surface area contributed by atoms with Crippen molar-refractivity contribution < 1.29 is 0 Å². The van der Waals surface area contributed by atoms with E-state index in [1.54, 1.807) is 0 Å². The molecule has 2 N–H and O–H groups in total. The summed E-state index contributed by atoms with van der Waals surface area (Å²) in [5.74, 6) is 0. The van der Waals surface area contributed by atoms with Crippen molar-refractivity contribution in [2.45, 2.75) is 13.5 Å². The molecular weight excluding hydrogens is 398 g/mol. The highest BCUT2D eigenvalue weighted by atomic mass is 14.5. The number of hydrogen-bond acceptors (Lipinski definition) is 1. The lowest BCUT2D eigenvalue weighted by molar-refractivity contribution is 1.07. The molecule has 160 valence electrons. The number of hydrogen-bond donors (Lipinski definition) is 1. The lowest BCUT2D eigenvalue weighted by Crippen LogP contribution is -1.95. The second kappa shape index (κ2) is 9.28. The van der Waals surface area contributed by atoms with Crippen LogP contribution in [-0.4, -0.2) is 0 Å². The maximum absolute atomic E-state index is 5.84. The summed E-state index contributed by atoms with van der Waals surface area (Å²) in [6.07, 6.45) is 0. The van der Waals surface area contributed by atoms with Gasteiger partial charge in [-0.15, -0.1) is 0 Å².